The summed E-state index contributed by atoms with van der Waals surface area (Å²) in [4.78, 5) is 24.5. The molecular weight excluding hydrogens is 624 g/mol. The molecule has 44 heavy (non-hydrogen) atoms. The van der Waals surface area contributed by atoms with Gasteiger partial charge in [-0.1, -0.05) is 64.8 Å². The number of carbonyl (C=O) groups excluding carboxylic acids is 1. The maximum Gasteiger partial charge on any atom is 0.273 e. The van der Waals surface area contributed by atoms with Crippen molar-refractivity contribution in [3.8, 4) is 23.0 Å². The highest BCUT2D eigenvalue weighted by atomic mass is 35.5. The third-order valence-corrected chi connectivity index (χ3v) is 10.1. The lowest BCUT2D eigenvalue weighted by atomic mass is 9.96. The molecule has 1 aromatic carbocycles. The van der Waals surface area contributed by atoms with Crippen molar-refractivity contribution in [3.63, 3.8) is 0 Å². The Morgan fingerprint density at radius 3 is 2.80 bits per heavy atom. The van der Waals surface area contributed by atoms with Crippen molar-refractivity contribution >= 4 is 40.6 Å². The van der Waals surface area contributed by atoms with Crippen molar-refractivity contribution in [2.75, 3.05) is 26.8 Å². The average molecular weight is 651 g/mol. The van der Waals surface area contributed by atoms with Gasteiger partial charge in [-0.15, -0.1) is 22.9 Å². The van der Waals surface area contributed by atoms with E-state index in [0.29, 0.717) is 45.1 Å². The molecule has 0 aliphatic carbocycles. The topological polar surface area (TPSA) is 114 Å². The zero-order valence-corrected chi connectivity index (χ0v) is 25.9. The van der Waals surface area contributed by atoms with Crippen LogP contribution in [0, 0.1) is 12.3 Å². The van der Waals surface area contributed by atoms with Crippen molar-refractivity contribution in [3.05, 3.63) is 76.1 Å². The molecule has 0 N–H and O–H groups in total. The van der Waals surface area contributed by atoms with Crippen LogP contribution in [0.5, 0.6) is 0 Å². The summed E-state index contributed by atoms with van der Waals surface area (Å²) in [5.41, 5.74) is 1.74. The zero-order valence-electron chi connectivity index (χ0n) is 23.5. The van der Waals surface area contributed by atoms with Gasteiger partial charge in [-0.2, -0.15) is 0 Å². The molecule has 6 atom stereocenters. The SMILES string of the molecule is C#Cc1cnc(C(=O)N2CCC2)c(SC2OC3COC(c4ccccc4)OC3C(n3cc(-c4nc(Cl)cs4)nn3)C2OC)c1. The van der Waals surface area contributed by atoms with Gasteiger partial charge in [0.2, 0.25) is 0 Å². The van der Waals surface area contributed by atoms with E-state index in [1.54, 1.807) is 34.3 Å². The number of methoxy groups -OCH3 is 1. The normalized spacial score (nSPS) is 26.4. The summed E-state index contributed by atoms with van der Waals surface area (Å²) in [6, 6.07) is 11.0. The number of amides is 1. The molecule has 11 nitrogen and oxygen atoms in total. The molecule has 3 aliphatic rings. The van der Waals surface area contributed by atoms with Gasteiger partial charge in [-0.05, 0) is 12.5 Å². The van der Waals surface area contributed by atoms with Gasteiger partial charge in [-0.25, -0.2) is 14.6 Å². The number of thiazole rings is 1. The van der Waals surface area contributed by atoms with Gasteiger partial charge in [-0.3, -0.25) is 4.79 Å². The highest BCUT2D eigenvalue weighted by molar-refractivity contribution is 8.00. The molecule has 3 aromatic heterocycles. The van der Waals surface area contributed by atoms with E-state index in [4.69, 9.17) is 37.0 Å². The number of hydrogen-bond donors (Lipinski definition) is 0. The number of halogens is 1. The summed E-state index contributed by atoms with van der Waals surface area (Å²) < 4.78 is 27.2. The van der Waals surface area contributed by atoms with Crippen LogP contribution in [0.15, 0.2) is 59.1 Å². The molecule has 14 heteroatoms. The Hall–Kier alpha value is -3.35. The number of likely N-dealkylation sites (tertiary alicyclic amines) is 1. The van der Waals surface area contributed by atoms with Crippen molar-refractivity contribution in [2.45, 2.75) is 47.4 Å². The van der Waals surface area contributed by atoms with Crippen LogP contribution in [-0.4, -0.2) is 86.3 Å². The van der Waals surface area contributed by atoms with Crippen LogP contribution < -0.4 is 0 Å². The van der Waals surface area contributed by atoms with Crippen LogP contribution in [0.2, 0.25) is 5.15 Å². The fraction of sp³-hybridized carbons (Fsp3) is 0.367. The van der Waals surface area contributed by atoms with Crippen LogP contribution >= 0.6 is 34.7 Å². The van der Waals surface area contributed by atoms with Gasteiger partial charge in [0.05, 0.1) is 12.8 Å². The summed E-state index contributed by atoms with van der Waals surface area (Å²) >= 11 is 8.81. The predicted octanol–water partition coefficient (Wildman–Crippen LogP) is 4.46. The van der Waals surface area contributed by atoms with E-state index < -0.39 is 36.1 Å². The van der Waals surface area contributed by atoms with E-state index >= 15 is 0 Å². The minimum atomic E-state index is -0.608. The van der Waals surface area contributed by atoms with Crippen LogP contribution in [-0.2, 0) is 18.9 Å². The molecule has 6 unspecified atom stereocenters. The molecule has 7 rings (SSSR count). The highest BCUT2D eigenvalue weighted by Gasteiger charge is 2.52. The second-order valence-electron chi connectivity index (χ2n) is 10.4. The third-order valence-electron chi connectivity index (χ3n) is 7.77. The molecule has 3 fully saturated rings. The van der Waals surface area contributed by atoms with Gasteiger partial charge in [0.15, 0.2) is 6.29 Å². The molecule has 3 saturated heterocycles. The standard InChI is InChI=1S/C30H27ClN6O5S2/c1-3-17-12-21(23(32-13-17)28(38)36-10-7-11-36)44-30-26(39-2)24(37-14-19(34-35-37)27-33-22(31)16-43-27)25-20(41-30)15-40-29(42-25)18-8-5-4-6-9-18/h1,4-6,8-9,12-14,16,20,24-26,29-30H,7,10-11,15H2,2H3. The van der Waals surface area contributed by atoms with E-state index in [-0.39, 0.29) is 12.5 Å². The molecule has 3 aliphatic heterocycles. The van der Waals surface area contributed by atoms with Gasteiger partial charge >= 0.3 is 0 Å². The van der Waals surface area contributed by atoms with Gasteiger partial charge in [0, 0.05) is 47.8 Å². The summed E-state index contributed by atoms with van der Waals surface area (Å²) in [5.74, 6) is 2.48. The van der Waals surface area contributed by atoms with Crippen LogP contribution in [0.4, 0.5) is 0 Å². The minimum Gasteiger partial charge on any atom is -0.375 e. The first-order valence-electron chi connectivity index (χ1n) is 14.0. The minimum absolute atomic E-state index is 0.139. The smallest absolute Gasteiger partial charge is 0.273 e. The molecule has 226 valence electrons. The monoisotopic (exact) mass is 650 g/mol. The van der Waals surface area contributed by atoms with Gasteiger partial charge in [0.1, 0.15) is 51.3 Å². The summed E-state index contributed by atoms with van der Waals surface area (Å²) in [7, 11) is 1.61. The van der Waals surface area contributed by atoms with Crippen molar-refractivity contribution in [2.24, 2.45) is 0 Å². The second kappa shape index (κ2) is 12.6. The lowest BCUT2D eigenvalue weighted by Gasteiger charge is -2.48. The molecule has 0 bridgehead atoms. The lowest BCUT2D eigenvalue weighted by molar-refractivity contribution is -0.308. The molecule has 1 amide bonds. The lowest BCUT2D eigenvalue weighted by Crippen LogP contribution is -2.59. The summed E-state index contributed by atoms with van der Waals surface area (Å²) in [6.45, 7) is 1.66. The Morgan fingerprint density at radius 1 is 1.25 bits per heavy atom. The van der Waals surface area contributed by atoms with Crippen LogP contribution in [0.1, 0.15) is 40.4 Å². The molecule has 0 radical (unpaired) electrons. The number of rotatable bonds is 7. The van der Waals surface area contributed by atoms with E-state index in [2.05, 4.69) is 26.2 Å². The zero-order chi connectivity index (χ0) is 30.2. The Balaban J connectivity index is 1.25. The molecule has 6 heterocycles. The maximum absolute atomic E-state index is 13.3. The Kier molecular flexibility index (Phi) is 8.39. The number of nitrogens with zero attached hydrogens (tertiary/aromatic N) is 6. The third kappa shape index (κ3) is 5.63. The van der Waals surface area contributed by atoms with Crippen molar-refractivity contribution < 1.29 is 23.7 Å². The largest absolute Gasteiger partial charge is 0.375 e. The Labute approximate surface area is 266 Å². The highest BCUT2D eigenvalue weighted by Crippen LogP contribution is 2.45. The summed E-state index contributed by atoms with van der Waals surface area (Å²) in [5, 5.41) is 11.7. The van der Waals surface area contributed by atoms with Crippen LogP contribution in [0.25, 0.3) is 10.7 Å². The van der Waals surface area contributed by atoms with E-state index in [1.165, 1.54) is 23.1 Å². The molecular formula is C30H27ClN6O5S2. The number of pyridine rings is 1. The number of ether oxygens (including phenoxy) is 4. The predicted molar refractivity (Wildman–Crippen MR) is 163 cm³/mol. The first-order valence-corrected chi connectivity index (χ1v) is 16.1. The number of terminal acetylenes is 1. The van der Waals surface area contributed by atoms with Crippen molar-refractivity contribution in [1.29, 1.82) is 0 Å². The number of benzene rings is 1. The second-order valence-corrected chi connectivity index (χ2v) is 12.8. The number of thioether (sulfide) groups is 1. The van der Waals surface area contributed by atoms with Gasteiger partial charge in [0.25, 0.3) is 5.91 Å². The maximum atomic E-state index is 13.3. The van der Waals surface area contributed by atoms with Crippen LogP contribution in [0.3, 0.4) is 0 Å². The first-order chi connectivity index (χ1) is 21.5. The molecule has 4 aromatic rings. The van der Waals surface area contributed by atoms with E-state index in [0.717, 1.165) is 12.0 Å². The average Bonchev–Trinajstić information content (AvgIpc) is 3.69. The number of hydrogen-bond acceptors (Lipinski definition) is 11. The number of aromatic nitrogens is 5. The first kappa shape index (κ1) is 29.4. The quantitative estimate of drug-likeness (QED) is 0.266. The summed E-state index contributed by atoms with van der Waals surface area (Å²) in [6.07, 6.45) is 7.84. The fourth-order valence-corrected chi connectivity index (χ4v) is 7.65. The van der Waals surface area contributed by atoms with Gasteiger partial charge < -0.3 is 23.8 Å². The number of fused-ring (bicyclic) bond motifs is 1. The Morgan fingerprint density at radius 2 is 2.09 bits per heavy atom. The van der Waals surface area contributed by atoms with E-state index in [9.17, 15) is 4.79 Å². The molecule has 0 spiro atoms. The van der Waals surface area contributed by atoms with Crippen molar-refractivity contribution in [1.82, 2.24) is 29.9 Å². The molecule has 0 saturated carbocycles. The number of carbonyl (C=O) groups is 1. The fourth-order valence-electron chi connectivity index (χ4n) is 5.45. The van der Waals surface area contributed by atoms with E-state index in [1.807, 2.05) is 36.5 Å². The Bertz CT molecular complexity index is 1690.